The Morgan fingerprint density at radius 2 is 2.16 bits per heavy atom. The third-order valence-corrected chi connectivity index (χ3v) is 5.08. The number of benzene rings is 1. The monoisotopic (exact) mass is 369 g/mol. The van der Waals surface area contributed by atoms with E-state index in [-0.39, 0.29) is 18.2 Å². The van der Waals surface area contributed by atoms with Crippen LogP contribution < -0.4 is 10.0 Å². The summed E-state index contributed by atoms with van der Waals surface area (Å²) in [6.07, 6.45) is 1.59. The summed E-state index contributed by atoms with van der Waals surface area (Å²) in [4.78, 5) is 14.3. The number of nitrogens with one attached hydrogen (secondary N) is 2. The van der Waals surface area contributed by atoms with E-state index in [1.807, 2.05) is 6.07 Å². The van der Waals surface area contributed by atoms with Crippen molar-refractivity contribution in [3.63, 3.8) is 0 Å². The van der Waals surface area contributed by atoms with Crippen molar-refractivity contribution >= 4 is 21.7 Å². The number of carbonyl (C=O) groups is 1. The lowest BCUT2D eigenvalue weighted by molar-refractivity contribution is 0.0733. The van der Waals surface area contributed by atoms with Crippen LogP contribution in [-0.4, -0.2) is 64.6 Å². The minimum atomic E-state index is -3.34. The number of urea groups is 1. The molecule has 138 valence electrons. The van der Waals surface area contributed by atoms with Crippen LogP contribution in [0.4, 0.5) is 10.5 Å². The fraction of sp³-hybridized carbons (Fsp3) is 0.562. The Morgan fingerprint density at radius 1 is 1.36 bits per heavy atom. The molecular formula is C16H23N3O5S. The maximum atomic E-state index is 12.5. The van der Waals surface area contributed by atoms with Crippen LogP contribution in [0.1, 0.15) is 11.1 Å². The molecule has 2 amide bonds. The van der Waals surface area contributed by atoms with Crippen LogP contribution in [0.3, 0.4) is 0 Å². The molecule has 1 saturated heterocycles. The molecule has 0 saturated carbocycles. The first-order valence-corrected chi connectivity index (χ1v) is 10.0. The highest BCUT2D eigenvalue weighted by molar-refractivity contribution is 7.92. The number of hydrogen-bond donors (Lipinski definition) is 2. The van der Waals surface area contributed by atoms with Gasteiger partial charge in [-0.15, -0.1) is 0 Å². The summed E-state index contributed by atoms with van der Waals surface area (Å²) in [7, 11) is -1.73. The average molecular weight is 369 g/mol. The van der Waals surface area contributed by atoms with Crippen molar-refractivity contribution in [2.45, 2.75) is 25.1 Å². The van der Waals surface area contributed by atoms with Crippen LogP contribution in [-0.2, 0) is 32.5 Å². The van der Waals surface area contributed by atoms with Gasteiger partial charge in [0.25, 0.3) is 0 Å². The Kier molecular flexibility index (Phi) is 5.16. The van der Waals surface area contributed by atoms with Crippen molar-refractivity contribution in [3.05, 3.63) is 29.3 Å². The van der Waals surface area contributed by atoms with Gasteiger partial charge in [0.1, 0.15) is 6.10 Å². The maximum Gasteiger partial charge on any atom is 0.318 e. The molecule has 1 aromatic rings. The average Bonchev–Trinajstić information content (AvgIpc) is 3.00. The zero-order valence-electron chi connectivity index (χ0n) is 14.3. The van der Waals surface area contributed by atoms with Crippen molar-refractivity contribution in [2.75, 3.05) is 37.8 Å². The van der Waals surface area contributed by atoms with Gasteiger partial charge in [-0.05, 0) is 23.6 Å². The van der Waals surface area contributed by atoms with E-state index in [4.69, 9.17) is 9.47 Å². The first-order chi connectivity index (χ1) is 11.9. The summed E-state index contributed by atoms with van der Waals surface area (Å²) in [6.45, 7) is 1.88. The standard InChI is InChI=1S/C16H23N3O5S/c1-23-15-10-24-9-14(15)17-16(20)19-7-6-12-11(8-19)4-3-5-13(12)18-25(2,21)22/h3-5,14-15,18H,6-10H2,1-2H3,(H,17,20)/t14-,15+/m0/s1. The van der Waals surface area contributed by atoms with Crippen molar-refractivity contribution in [1.29, 1.82) is 0 Å². The van der Waals surface area contributed by atoms with E-state index in [9.17, 15) is 13.2 Å². The normalized spacial score (nSPS) is 23.2. The van der Waals surface area contributed by atoms with Gasteiger partial charge >= 0.3 is 6.03 Å². The number of nitrogens with zero attached hydrogens (tertiary/aromatic N) is 1. The predicted molar refractivity (Wildman–Crippen MR) is 93.0 cm³/mol. The van der Waals surface area contributed by atoms with Crippen molar-refractivity contribution < 1.29 is 22.7 Å². The lowest BCUT2D eigenvalue weighted by Crippen LogP contribution is -2.50. The van der Waals surface area contributed by atoms with Crippen LogP contribution in [0.25, 0.3) is 0 Å². The van der Waals surface area contributed by atoms with E-state index in [0.29, 0.717) is 38.4 Å². The maximum absolute atomic E-state index is 12.5. The second kappa shape index (κ2) is 7.19. The number of hydrogen-bond acceptors (Lipinski definition) is 5. The highest BCUT2D eigenvalue weighted by Gasteiger charge is 2.31. The topological polar surface area (TPSA) is 97.0 Å². The number of rotatable bonds is 4. The van der Waals surface area contributed by atoms with Gasteiger partial charge in [-0.25, -0.2) is 13.2 Å². The number of carbonyl (C=O) groups excluding carboxylic acids is 1. The van der Waals surface area contributed by atoms with Crippen molar-refractivity contribution in [3.8, 4) is 0 Å². The summed E-state index contributed by atoms with van der Waals surface area (Å²) in [5.74, 6) is 0. The molecule has 0 aliphatic carbocycles. The third kappa shape index (κ3) is 4.23. The molecule has 0 bridgehead atoms. The summed E-state index contributed by atoms with van der Waals surface area (Å²) >= 11 is 0. The molecule has 25 heavy (non-hydrogen) atoms. The molecular weight excluding hydrogens is 346 g/mol. The van der Waals surface area contributed by atoms with Crippen LogP contribution >= 0.6 is 0 Å². The highest BCUT2D eigenvalue weighted by atomic mass is 32.2. The Bertz CT molecular complexity index is 752. The van der Waals surface area contributed by atoms with Gasteiger partial charge in [0.05, 0.1) is 31.2 Å². The minimum absolute atomic E-state index is 0.133. The molecule has 8 nitrogen and oxygen atoms in total. The van der Waals surface area contributed by atoms with Crippen molar-refractivity contribution in [1.82, 2.24) is 10.2 Å². The van der Waals surface area contributed by atoms with E-state index in [1.165, 1.54) is 0 Å². The molecule has 0 unspecified atom stereocenters. The second-order valence-electron chi connectivity index (χ2n) is 6.36. The second-order valence-corrected chi connectivity index (χ2v) is 8.11. The summed E-state index contributed by atoms with van der Waals surface area (Å²) in [5.41, 5.74) is 2.47. The first-order valence-electron chi connectivity index (χ1n) is 8.12. The van der Waals surface area contributed by atoms with Crippen LogP contribution in [0.2, 0.25) is 0 Å². The number of sulfonamides is 1. The molecule has 0 aromatic heterocycles. The fourth-order valence-electron chi connectivity index (χ4n) is 3.23. The van der Waals surface area contributed by atoms with E-state index in [1.54, 1.807) is 24.1 Å². The molecule has 9 heteroatoms. The molecule has 2 heterocycles. The zero-order chi connectivity index (χ0) is 18.0. The number of methoxy groups -OCH3 is 1. The van der Waals surface area contributed by atoms with Gasteiger partial charge in [0.15, 0.2) is 0 Å². The molecule has 1 fully saturated rings. The van der Waals surface area contributed by atoms with Gasteiger partial charge in [0, 0.05) is 20.2 Å². The predicted octanol–water partition coefficient (Wildman–Crippen LogP) is 0.540. The third-order valence-electron chi connectivity index (χ3n) is 4.49. The highest BCUT2D eigenvalue weighted by Crippen LogP contribution is 2.27. The Hall–Kier alpha value is -1.84. The van der Waals surface area contributed by atoms with Gasteiger partial charge < -0.3 is 19.7 Å². The first kappa shape index (κ1) is 18.0. The lowest BCUT2D eigenvalue weighted by Gasteiger charge is -2.31. The lowest BCUT2D eigenvalue weighted by atomic mass is 9.98. The number of fused-ring (bicyclic) bond motifs is 1. The molecule has 0 spiro atoms. The zero-order valence-corrected chi connectivity index (χ0v) is 15.1. The Labute approximate surface area is 147 Å². The summed E-state index contributed by atoms with van der Waals surface area (Å²) in [5, 5.41) is 2.96. The molecule has 0 radical (unpaired) electrons. The number of ether oxygens (including phenoxy) is 2. The van der Waals surface area contributed by atoms with Crippen LogP contribution in [0, 0.1) is 0 Å². The number of amides is 2. The van der Waals surface area contributed by atoms with Crippen LogP contribution in [0.5, 0.6) is 0 Å². The van der Waals surface area contributed by atoms with E-state index >= 15 is 0 Å². The van der Waals surface area contributed by atoms with Crippen LogP contribution in [0.15, 0.2) is 18.2 Å². The molecule has 2 N–H and O–H groups in total. The smallest absolute Gasteiger partial charge is 0.318 e. The quantitative estimate of drug-likeness (QED) is 0.807. The summed E-state index contributed by atoms with van der Waals surface area (Å²) in [6, 6.07) is 5.13. The van der Waals surface area contributed by atoms with E-state index < -0.39 is 10.0 Å². The van der Waals surface area contributed by atoms with Gasteiger partial charge in [-0.1, -0.05) is 12.1 Å². The van der Waals surface area contributed by atoms with Gasteiger partial charge in [-0.3, -0.25) is 4.72 Å². The molecule has 2 aliphatic heterocycles. The van der Waals surface area contributed by atoms with E-state index in [2.05, 4.69) is 10.0 Å². The van der Waals surface area contributed by atoms with Crippen molar-refractivity contribution in [2.24, 2.45) is 0 Å². The summed E-state index contributed by atoms with van der Waals surface area (Å²) < 4.78 is 36.2. The Morgan fingerprint density at radius 3 is 2.88 bits per heavy atom. The van der Waals surface area contributed by atoms with Gasteiger partial charge in [-0.2, -0.15) is 0 Å². The number of anilines is 1. The SMILES string of the molecule is CO[C@@H]1COC[C@@H]1NC(=O)N1CCc2c(cccc2NS(C)(=O)=O)C1. The Balaban J connectivity index is 1.69. The largest absolute Gasteiger partial charge is 0.377 e. The molecule has 2 aliphatic rings. The fourth-order valence-corrected chi connectivity index (χ4v) is 3.82. The van der Waals surface area contributed by atoms with E-state index in [0.717, 1.165) is 17.4 Å². The molecule has 2 atom stereocenters. The molecule has 1 aromatic carbocycles. The minimum Gasteiger partial charge on any atom is -0.377 e. The van der Waals surface area contributed by atoms with Gasteiger partial charge in [0.2, 0.25) is 10.0 Å². The molecule has 3 rings (SSSR count).